The lowest BCUT2D eigenvalue weighted by Gasteiger charge is -2.32. The van der Waals surface area contributed by atoms with Crippen LogP contribution in [0.4, 0.5) is 0 Å². The molecule has 0 fully saturated rings. The Kier molecular flexibility index (Phi) is 6.33. The Bertz CT molecular complexity index is 2860. The minimum Gasteiger partial charge on any atom is -0.0795 e. The van der Waals surface area contributed by atoms with Crippen molar-refractivity contribution in [1.29, 1.82) is 0 Å². The van der Waals surface area contributed by atoms with Crippen LogP contribution in [0.1, 0.15) is 33.4 Å². The van der Waals surface area contributed by atoms with Gasteiger partial charge in [0.1, 0.15) is 0 Å². The molecule has 0 saturated carbocycles. The fraction of sp³-hybridized carbons (Fsp3) is 0.0385. The van der Waals surface area contributed by atoms with Crippen molar-refractivity contribution < 1.29 is 0 Å². The summed E-state index contributed by atoms with van der Waals surface area (Å²) in [6.45, 7) is 0. The molecule has 9 aromatic carbocycles. The molecule has 0 nitrogen and oxygen atoms in total. The molecule has 11 rings (SSSR count). The summed E-state index contributed by atoms with van der Waals surface area (Å²) in [5.74, 6) is 0. The molecule has 0 aliphatic heterocycles. The predicted octanol–water partition coefficient (Wildman–Crippen LogP) is 13.4. The largest absolute Gasteiger partial charge is 0.0795 e. The van der Waals surface area contributed by atoms with Crippen molar-refractivity contribution in [2.45, 2.75) is 11.8 Å². The first-order chi connectivity index (χ1) is 25.8. The minimum atomic E-state index is -0.348. The highest BCUT2D eigenvalue weighted by Crippen LogP contribution is 2.63. The highest BCUT2D eigenvalue weighted by molar-refractivity contribution is 6.25. The van der Waals surface area contributed by atoms with Crippen molar-refractivity contribution >= 4 is 38.4 Å². The third-order valence-electron chi connectivity index (χ3n) is 11.7. The zero-order chi connectivity index (χ0) is 34.2. The van der Waals surface area contributed by atoms with Gasteiger partial charge in [0.25, 0.3) is 0 Å². The van der Waals surface area contributed by atoms with Crippen molar-refractivity contribution in [1.82, 2.24) is 0 Å². The standard InChI is InChI=1S/C52H34/c1-2-17-35(18-3-1)49-43-26-7-6-22-38(43)39(44-33-32-34-16-4-5-21-37(34)50(44)49)27-14-19-36-20-15-28-45-42-25-10-13-31-48(42)52(51(36)45)46-29-11-8-23-40(46)41-24-9-12-30-47(41)52/h1-18,20-33H,19H2/b27-14+. The first-order valence-electron chi connectivity index (χ1n) is 18.3. The van der Waals surface area contributed by atoms with Gasteiger partial charge in [-0.1, -0.05) is 194 Å². The second-order valence-electron chi connectivity index (χ2n) is 14.2. The Balaban J connectivity index is 1.14. The van der Waals surface area contributed by atoms with Gasteiger partial charge in [0, 0.05) is 0 Å². The van der Waals surface area contributed by atoms with E-state index in [9.17, 15) is 0 Å². The van der Waals surface area contributed by atoms with Crippen LogP contribution < -0.4 is 0 Å². The molecule has 2 aliphatic rings. The van der Waals surface area contributed by atoms with Gasteiger partial charge in [-0.2, -0.15) is 0 Å². The van der Waals surface area contributed by atoms with E-state index >= 15 is 0 Å². The van der Waals surface area contributed by atoms with Crippen molar-refractivity contribution in [3.05, 3.63) is 221 Å². The minimum absolute atomic E-state index is 0.348. The molecule has 242 valence electrons. The summed E-state index contributed by atoms with van der Waals surface area (Å²) in [5, 5.41) is 7.72. The number of hydrogen-bond acceptors (Lipinski definition) is 0. The van der Waals surface area contributed by atoms with E-state index in [1.165, 1.54) is 99.1 Å². The lowest BCUT2D eigenvalue weighted by atomic mass is 9.69. The Morgan fingerprint density at radius 3 is 1.67 bits per heavy atom. The summed E-state index contributed by atoms with van der Waals surface area (Å²) in [4.78, 5) is 0. The number of allylic oxidation sites excluding steroid dienone is 1. The van der Waals surface area contributed by atoms with Crippen molar-refractivity contribution in [3.63, 3.8) is 0 Å². The Morgan fingerprint density at radius 2 is 0.962 bits per heavy atom. The highest BCUT2D eigenvalue weighted by Gasteiger charge is 2.52. The van der Waals surface area contributed by atoms with E-state index in [1.807, 2.05) is 0 Å². The van der Waals surface area contributed by atoms with Crippen molar-refractivity contribution in [3.8, 4) is 33.4 Å². The summed E-state index contributed by atoms with van der Waals surface area (Å²) < 4.78 is 0. The molecule has 0 atom stereocenters. The van der Waals surface area contributed by atoms with E-state index < -0.39 is 0 Å². The summed E-state index contributed by atoms with van der Waals surface area (Å²) in [6, 6.07) is 67.6. The third kappa shape index (κ3) is 3.92. The third-order valence-corrected chi connectivity index (χ3v) is 11.7. The van der Waals surface area contributed by atoms with Crippen LogP contribution in [0.25, 0.3) is 71.8 Å². The average Bonchev–Trinajstić information content (AvgIpc) is 3.69. The normalized spacial score (nSPS) is 13.5. The molecule has 0 amide bonds. The fourth-order valence-electron chi connectivity index (χ4n) is 9.78. The van der Waals surface area contributed by atoms with Gasteiger partial charge in [-0.25, -0.2) is 0 Å². The monoisotopic (exact) mass is 658 g/mol. The molecular formula is C52H34. The maximum Gasteiger partial charge on any atom is 0.0728 e. The Labute approximate surface area is 304 Å². The van der Waals surface area contributed by atoms with Crippen LogP contribution in [0.2, 0.25) is 0 Å². The molecule has 52 heavy (non-hydrogen) atoms. The maximum absolute atomic E-state index is 2.41. The van der Waals surface area contributed by atoms with E-state index in [-0.39, 0.29) is 5.41 Å². The SMILES string of the molecule is C(=C\c1c2ccccc2c(-c2ccccc2)c2c1ccc1ccccc12)/Cc1cccc2c1C1(c3ccccc3-c3ccccc31)c1ccccc1-2. The van der Waals surface area contributed by atoms with Crippen LogP contribution in [-0.4, -0.2) is 0 Å². The Hall–Kier alpha value is -6.50. The molecule has 0 aromatic heterocycles. The van der Waals surface area contributed by atoms with Gasteiger partial charge in [-0.05, 0) is 105 Å². The molecule has 0 saturated heterocycles. The van der Waals surface area contributed by atoms with Gasteiger partial charge in [0.15, 0.2) is 0 Å². The second-order valence-corrected chi connectivity index (χ2v) is 14.2. The zero-order valence-electron chi connectivity index (χ0n) is 28.7. The first-order valence-corrected chi connectivity index (χ1v) is 18.3. The van der Waals surface area contributed by atoms with Crippen LogP contribution in [-0.2, 0) is 11.8 Å². The number of hydrogen-bond donors (Lipinski definition) is 0. The molecule has 0 heterocycles. The highest BCUT2D eigenvalue weighted by atomic mass is 14.5. The summed E-state index contributed by atoms with van der Waals surface area (Å²) in [6.07, 6.45) is 5.64. The first kappa shape index (κ1) is 29.3. The molecule has 0 radical (unpaired) electrons. The molecule has 0 bridgehead atoms. The maximum atomic E-state index is 2.41. The van der Waals surface area contributed by atoms with Crippen molar-refractivity contribution in [2.75, 3.05) is 0 Å². The van der Waals surface area contributed by atoms with Crippen LogP contribution in [0, 0.1) is 0 Å². The molecule has 0 unspecified atom stereocenters. The summed E-state index contributed by atoms with van der Waals surface area (Å²) >= 11 is 0. The molecule has 2 aliphatic carbocycles. The number of benzene rings is 9. The van der Waals surface area contributed by atoms with Gasteiger partial charge in [0.05, 0.1) is 5.41 Å². The Morgan fingerprint density at radius 1 is 0.404 bits per heavy atom. The predicted molar refractivity (Wildman–Crippen MR) is 220 cm³/mol. The summed E-state index contributed by atoms with van der Waals surface area (Å²) in [5.41, 5.74) is 15.8. The van der Waals surface area contributed by atoms with Gasteiger partial charge in [-0.3, -0.25) is 0 Å². The fourth-order valence-corrected chi connectivity index (χ4v) is 9.78. The summed E-state index contributed by atoms with van der Waals surface area (Å²) in [7, 11) is 0. The van der Waals surface area contributed by atoms with Gasteiger partial charge >= 0.3 is 0 Å². The van der Waals surface area contributed by atoms with E-state index in [2.05, 4.69) is 194 Å². The smallest absolute Gasteiger partial charge is 0.0728 e. The van der Waals surface area contributed by atoms with Crippen molar-refractivity contribution in [2.24, 2.45) is 0 Å². The van der Waals surface area contributed by atoms with Crippen LogP contribution in [0.15, 0.2) is 188 Å². The zero-order valence-corrected chi connectivity index (χ0v) is 28.7. The van der Waals surface area contributed by atoms with Crippen LogP contribution >= 0.6 is 0 Å². The quantitative estimate of drug-likeness (QED) is 0.130. The van der Waals surface area contributed by atoms with Crippen LogP contribution in [0.5, 0.6) is 0 Å². The topological polar surface area (TPSA) is 0 Å². The average molecular weight is 659 g/mol. The van der Waals surface area contributed by atoms with E-state index in [1.54, 1.807) is 0 Å². The number of rotatable bonds is 4. The number of fused-ring (bicyclic) bond motifs is 14. The van der Waals surface area contributed by atoms with E-state index in [0.717, 1.165) is 6.42 Å². The van der Waals surface area contributed by atoms with Gasteiger partial charge in [0.2, 0.25) is 0 Å². The molecule has 9 aromatic rings. The molecule has 0 N–H and O–H groups in total. The van der Waals surface area contributed by atoms with Crippen LogP contribution in [0.3, 0.4) is 0 Å². The lowest BCUT2D eigenvalue weighted by molar-refractivity contribution is 0.782. The molecular weight excluding hydrogens is 625 g/mol. The molecule has 0 heteroatoms. The molecule has 1 spiro atoms. The van der Waals surface area contributed by atoms with E-state index in [0.29, 0.717) is 0 Å². The van der Waals surface area contributed by atoms with Gasteiger partial charge in [-0.15, -0.1) is 0 Å². The van der Waals surface area contributed by atoms with E-state index in [4.69, 9.17) is 0 Å². The lowest BCUT2D eigenvalue weighted by Crippen LogP contribution is -2.27. The second kappa shape index (κ2) is 11.3. The van der Waals surface area contributed by atoms with Gasteiger partial charge < -0.3 is 0 Å².